The van der Waals surface area contributed by atoms with Gasteiger partial charge in [-0.15, -0.1) is 0 Å². The molecule has 0 spiro atoms. The SMILES string of the molecule is C=C(C)C(=O)OCCOCCNC(=O)OCCOC(=O)C(C)(C)CC. The van der Waals surface area contributed by atoms with E-state index in [4.69, 9.17) is 18.9 Å². The Hall–Kier alpha value is -2.09. The van der Waals surface area contributed by atoms with Crippen molar-refractivity contribution in [3.63, 3.8) is 0 Å². The zero-order valence-electron chi connectivity index (χ0n) is 15.5. The molecule has 0 aliphatic heterocycles. The summed E-state index contributed by atoms with van der Waals surface area (Å²) in [6.07, 6.45) is 0.0441. The molecule has 8 heteroatoms. The number of rotatable bonds is 12. The van der Waals surface area contributed by atoms with E-state index in [0.29, 0.717) is 12.0 Å². The largest absolute Gasteiger partial charge is 0.462 e. The van der Waals surface area contributed by atoms with Gasteiger partial charge in [-0.2, -0.15) is 0 Å². The molecule has 0 unspecified atom stereocenters. The smallest absolute Gasteiger partial charge is 0.407 e. The number of carbonyl (C=O) groups is 3. The molecule has 0 aliphatic carbocycles. The maximum atomic E-state index is 11.7. The summed E-state index contributed by atoms with van der Waals surface area (Å²) < 4.78 is 19.9. The average Bonchev–Trinajstić information content (AvgIpc) is 2.57. The molecule has 0 aliphatic rings. The van der Waals surface area contributed by atoms with Crippen LogP contribution in [0.5, 0.6) is 0 Å². The van der Waals surface area contributed by atoms with Crippen LogP contribution in [0.2, 0.25) is 0 Å². The Labute approximate surface area is 148 Å². The zero-order valence-corrected chi connectivity index (χ0v) is 15.5. The normalized spacial score (nSPS) is 10.7. The minimum absolute atomic E-state index is 0.0142. The first-order valence-electron chi connectivity index (χ1n) is 8.19. The van der Waals surface area contributed by atoms with Gasteiger partial charge in [-0.05, 0) is 27.2 Å². The third-order valence-electron chi connectivity index (χ3n) is 3.31. The van der Waals surface area contributed by atoms with Crippen molar-refractivity contribution in [3.05, 3.63) is 12.2 Å². The summed E-state index contributed by atoms with van der Waals surface area (Å²) in [5, 5.41) is 2.48. The molecule has 1 amide bonds. The Morgan fingerprint density at radius 2 is 1.56 bits per heavy atom. The van der Waals surface area contributed by atoms with Crippen LogP contribution in [0.25, 0.3) is 0 Å². The number of ether oxygens (including phenoxy) is 4. The van der Waals surface area contributed by atoms with E-state index in [1.165, 1.54) is 0 Å². The van der Waals surface area contributed by atoms with Crippen LogP contribution in [0.1, 0.15) is 34.1 Å². The number of carbonyl (C=O) groups excluding carboxylic acids is 3. The Bertz CT molecular complexity index is 460. The van der Waals surface area contributed by atoms with Crippen molar-refractivity contribution >= 4 is 18.0 Å². The number of alkyl carbamates (subject to hydrolysis) is 1. The summed E-state index contributed by atoms with van der Waals surface area (Å²) in [6.45, 7) is 11.3. The minimum Gasteiger partial charge on any atom is -0.462 e. The molecule has 0 rings (SSSR count). The summed E-state index contributed by atoms with van der Waals surface area (Å²) in [5.41, 5.74) is -0.216. The highest BCUT2D eigenvalue weighted by atomic mass is 16.6. The molecule has 0 saturated carbocycles. The quantitative estimate of drug-likeness (QED) is 0.245. The fourth-order valence-electron chi connectivity index (χ4n) is 1.30. The molecule has 0 aromatic rings. The van der Waals surface area contributed by atoms with Crippen LogP contribution in [0.15, 0.2) is 12.2 Å². The molecule has 1 N–H and O–H groups in total. The van der Waals surface area contributed by atoms with E-state index in [2.05, 4.69) is 11.9 Å². The zero-order chi connectivity index (χ0) is 19.3. The highest BCUT2D eigenvalue weighted by Crippen LogP contribution is 2.21. The minimum atomic E-state index is -0.622. The first-order chi connectivity index (χ1) is 11.7. The van der Waals surface area contributed by atoms with Crippen molar-refractivity contribution in [3.8, 4) is 0 Å². The van der Waals surface area contributed by atoms with Gasteiger partial charge in [0.05, 0.1) is 18.6 Å². The second-order valence-electron chi connectivity index (χ2n) is 5.96. The highest BCUT2D eigenvalue weighted by Gasteiger charge is 2.26. The van der Waals surface area contributed by atoms with Crippen LogP contribution in [0.3, 0.4) is 0 Å². The van der Waals surface area contributed by atoms with Crippen LogP contribution >= 0.6 is 0 Å². The van der Waals surface area contributed by atoms with E-state index in [9.17, 15) is 14.4 Å². The second kappa shape index (κ2) is 12.3. The van der Waals surface area contributed by atoms with Crippen molar-refractivity contribution in [2.75, 3.05) is 39.6 Å². The fourth-order valence-corrected chi connectivity index (χ4v) is 1.30. The number of hydrogen-bond acceptors (Lipinski definition) is 7. The van der Waals surface area contributed by atoms with Gasteiger partial charge in [-0.1, -0.05) is 13.5 Å². The van der Waals surface area contributed by atoms with Crippen LogP contribution < -0.4 is 5.32 Å². The molecule has 0 aromatic carbocycles. The monoisotopic (exact) mass is 359 g/mol. The van der Waals surface area contributed by atoms with Crippen LogP contribution in [0, 0.1) is 5.41 Å². The third-order valence-corrected chi connectivity index (χ3v) is 3.31. The van der Waals surface area contributed by atoms with Crippen molar-refractivity contribution in [2.45, 2.75) is 34.1 Å². The Balaban J connectivity index is 3.55. The Kier molecular flexibility index (Phi) is 11.3. The summed E-state index contributed by atoms with van der Waals surface area (Å²) in [5.74, 6) is -0.784. The lowest BCUT2D eigenvalue weighted by Crippen LogP contribution is -2.30. The predicted octanol–water partition coefficient (Wildman–Crippen LogP) is 1.83. The van der Waals surface area contributed by atoms with Crippen LogP contribution in [-0.4, -0.2) is 57.6 Å². The van der Waals surface area contributed by atoms with E-state index >= 15 is 0 Å². The maximum Gasteiger partial charge on any atom is 0.407 e. The molecule has 25 heavy (non-hydrogen) atoms. The second-order valence-corrected chi connectivity index (χ2v) is 5.96. The van der Waals surface area contributed by atoms with Gasteiger partial charge < -0.3 is 24.3 Å². The van der Waals surface area contributed by atoms with E-state index < -0.39 is 17.5 Å². The number of hydrogen-bond donors (Lipinski definition) is 1. The van der Waals surface area contributed by atoms with Gasteiger partial charge in [0.1, 0.15) is 19.8 Å². The Morgan fingerprint density at radius 1 is 0.960 bits per heavy atom. The van der Waals surface area contributed by atoms with Gasteiger partial charge in [-0.25, -0.2) is 9.59 Å². The van der Waals surface area contributed by atoms with Gasteiger partial charge in [0.25, 0.3) is 0 Å². The predicted molar refractivity (Wildman–Crippen MR) is 91.0 cm³/mol. The molecule has 0 aromatic heterocycles. The first-order valence-corrected chi connectivity index (χ1v) is 8.19. The average molecular weight is 359 g/mol. The van der Waals surface area contributed by atoms with Gasteiger partial charge in [-0.3, -0.25) is 4.79 Å². The lowest BCUT2D eigenvalue weighted by atomic mass is 9.91. The van der Waals surface area contributed by atoms with Crippen molar-refractivity contribution < 1.29 is 33.3 Å². The number of amides is 1. The van der Waals surface area contributed by atoms with Gasteiger partial charge >= 0.3 is 18.0 Å². The summed E-state index contributed by atoms with van der Waals surface area (Å²) in [4.78, 5) is 34.1. The molecule has 0 fully saturated rings. The molecule has 144 valence electrons. The lowest BCUT2D eigenvalue weighted by molar-refractivity contribution is -0.155. The molecule has 0 saturated heterocycles. The molecule has 0 heterocycles. The molecule has 0 radical (unpaired) electrons. The van der Waals surface area contributed by atoms with Crippen molar-refractivity contribution in [2.24, 2.45) is 5.41 Å². The van der Waals surface area contributed by atoms with Gasteiger partial charge in [0.15, 0.2) is 0 Å². The van der Waals surface area contributed by atoms with E-state index in [1.54, 1.807) is 20.8 Å². The maximum absolute atomic E-state index is 11.7. The molecule has 0 bridgehead atoms. The topological polar surface area (TPSA) is 100 Å². The third kappa shape index (κ3) is 11.1. The molecule has 0 atom stereocenters. The summed E-state index contributed by atoms with van der Waals surface area (Å²) in [6, 6.07) is 0. The van der Waals surface area contributed by atoms with E-state index in [0.717, 1.165) is 0 Å². The van der Waals surface area contributed by atoms with Gasteiger partial charge in [0.2, 0.25) is 0 Å². The first kappa shape index (κ1) is 22.9. The molecular weight excluding hydrogens is 330 g/mol. The fraction of sp³-hybridized carbons (Fsp3) is 0.706. The van der Waals surface area contributed by atoms with Crippen molar-refractivity contribution in [1.29, 1.82) is 0 Å². The Morgan fingerprint density at radius 3 is 2.16 bits per heavy atom. The van der Waals surface area contributed by atoms with Crippen molar-refractivity contribution in [1.82, 2.24) is 5.32 Å². The number of esters is 2. The number of nitrogens with one attached hydrogen (secondary N) is 1. The van der Waals surface area contributed by atoms with E-state index in [-0.39, 0.29) is 45.5 Å². The van der Waals surface area contributed by atoms with E-state index in [1.807, 2.05) is 6.92 Å². The summed E-state index contributed by atoms with van der Waals surface area (Å²) >= 11 is 0. The summed E-state index contributed by atoms with van der Waals surface area (Å²) in [7, 11) is 0. The molecule has 8 nitrogen and oxygen atoms in total. The van der Waals surface area contributed by atoms with Crippen LogP contribution in [-0.2, 0) is 28.5 Å². The van der Waals surface area contributed by atoms with Gasteiger partial charge in [0, 0.05) is 12.1 Å². The standard InChI is InChI=1S/C17H29NO7/c1-6-17(4,5)15(20)24-11-12-25-16(21)18-7-8-22-9-10-23-14(19)13(2)3/h2,6-12H2,1,3-5H3,(H,18,21). The van der Waals surface area contributed by atoms with Crippen LogP contribution in [0.4, 0.5) is 4.79 Å². The lowest BCUT2D eigenvalue weighted by Gasteiger charge is -2.20. The highest BCUT2D eigenvalue weighted by molar-refractivity contribution is 5.86. The molecular formula is C17H29NO7.